The molecule has 0 spiro atoms. The maximum Gasteiger partial charge on any atom is 0.225 e. The molecule has 116 valence electrons. The summed E-state index contributed by atoms with van der Waals surface area (Å²) in [4.78, 5) is 14.2. The molecule has 0 radical (unpaired) electrons. The van der Waals surface area contributed by atoms with Crippen LogP contribution in [0, 0.1) is 0 Å². The van der Waals surface area contributed by atoms with Crippen molar-refractivity contribution in [2.45, 2.75) is 38.5 Å². The number of nitrogens with one attached hydrogen (secondary N) is 1. The molecule has 21 heavy (non-hydrogen) atoms. The first kappa shape index (κ1) is 15.9. The highest BCUT2D eigenvalue weighted by Crippen LogP contribution is 2.18. The topological polar surface area (TPSA) is 67.6 Å². The number of anilines is 1. The summed E-state index contributed by atoms with van der Waals surface area (Å²) in [6.45, 7) is 4.16. The molecule has 2 unspecified atom stereocenters. The molecule has 1 fully saturated rings. The van der Waals surface area contributed by atoms with Crippen LogP contribution < -0.4 is 11.1 Å². The molecule has 1 aliphatic heterocycles. The number of carbonyl (C=O) groups excluding carboxylic acids is 1. The number of carbonyl (C=O) groups is 1. The molecule has 0 bridgehead atoms. The summed E-state index contributed by atoms with van der Waals surface area (Å²) < 4.78 is 5.56. The van der Waals surface area contributed by atoms with E-state index in [1.54, 1.807) is 0 Å². The van der Waals surface area contributed by atoms with Crippen molar-refractivity contribution in [3.05, 3.63) is 29.8 Å². The summed E-state index contributed by atoms with van der Waals surface area (Å²) in [5, 5.41) is 2.91. The van der Waals surface area contributed by atoms with Gasteiger partial charge < -0.3 is 20.7 Å². The first-order chi connectivity index (χ1) is 10.1. The van der Waals surface area contributed by atoms with E-state index in [1.807, 2.05) is 24.3 Å². The molecule has 0 aliphatic carbocycles. The maximum atomic E-state index is 12.0. The van der Waals surface area contributed by atoms with Crippen LogP contribution in [0.1, 0.15) is 25.3 Å². The van der Waals surface area contributed by atoms with Crippen molar-refractivity contribution < 1.29 is 9.53 Å². The Morgan fingerprint density at radius 2 is 2.14 bits per heavy atom. The van der Waals surface area contributed by atoms with E-state index in [1.165, 1.54) is 0 Å². The Kier molecular flexibility index (Phi) is 5.73. The molecular weight excluding hydrogens is 266 g/mol. The van der Waals surface area contributed by atoms with Crippen LogP contribution >= 0.6 is 0 Å². The van der Waals surface area contributed by atoms with E-state index < -0.39 is 0 Å². The Balaban J connectivity index is 1.76. The molecule has 1 heterocycles. The van der Waals surface area contributed by atoms with E-state index in [9.17, 15) is 4.79 Å². The quantitative estimate of drug-likeness (QED) is 0.835. The summed E-state index contributed by atoms with van der Waals surface area (Å²) in [6, 6.07) is 8.05. The number of nitrogens with zero attached hydrogens (tertiary/aromatic N) is 1. The molecule has 0 aromatic heterocycles. The summed E-state index contributed by atoms with van der Waals surface area (Å²) in [7, 11) is 2.05. The van der Waals surface area contributed by atoms with Crippen molar-refractivity contribution in [2.75, 3.05) is 25.5 Å². The second kappa shape index (κ2) is 7.54. The number of ether oxygens (including phenoxy) is 1. The summed E-state index contributed by atoms with van der Waals surface area (Å²) in [5.41, 5.74) is 7.43. The predicted octanol–water partition coefficient (Wildman–Crippen LogP) is 1.58. The van der Waals surface area contributed by atoms with Crippen LogP contribution in [0.5, 0.6) is 0 Å². The third-order valence-corrected chi connectivity index (χ3v) is 4.07. The fraction of sp³-hybridized carbons (Fsp3) is 0.562. The van der Waals surface area contributed by atoms with Crippen LogP contribution in [0.15, 0.2) is 24.3 Å². The monoisotopic (exact) mass is 291 g/mol. The van der Waals surface area contributed by atoms with Gasteiger partial charge in [0.25, 0.3) is 0 Å². The normalized spacial score (nSPS) is 21.7. The molecule has 5 nitrogen and oxygen atoms in total. The zero-order chi connectivity index (χ0) is 15.2. The number of nitrogens with two attached hydrogens (primary N) is 1. The lowest BCUT2D eigenvalue weighted by molar-refractivity contribution is -0.116. The first-order valence-corrected chi connectivity index (χ1v) is 7.51. The second-order valence-corrected chi connectivity index (χ2v) is 5.61. The molecule has 1 aromatic carbocycles. The predicted molar refractivity (Wildman–Crippen MR) is 84.0 cm³/mol. The molecular formula is C16H25N3O2. The standard InChI is InChI=1S/C16H25N3O2/c1-12-15(8-10-21-12)19(2)9-7-16(20)18-14-5-3-13(11-17)4-6-14/h3-6,12,15H,7-11,17H2,1-2H3,(H,18,20). The molecule has 2 atom stereocenters. The van der Waals surface area contributed by atoms with Crippen LogP contribution in [0.4, 0.5) is 5.69 Å². The average molecular weight is 291 g/mol. The zero-order valence-electron chi connectivity index (χ0n) is 12.8. The summed E-state index contributed by atoms with van der Waals surface area (Å²) in [5.74, 6) is 0.0360. The van der Waals surface area contributed by atoms with Crippen molar-refractivity contribution in [1.29, 1.82) is 0 Å². The Morgan fingerprint density at radius 3 is 2.71 bits per heavy atom. The van der Waals surface area contributed by atoms with Crippen molar-refractivity contribution in [1.82, 2.24) is 4.90 Å². The molecule has 2 rings (SSSR count). The first-order valence-electron chi connectivity index (χ1n) is 7.51. The van der Waals surface area contributed by atoms with Crippen LogP contribution in [0.25, 0.3) is 0 Å². The molecule has 3 N–H and O–H groups in total. The fourth-order valence-corrected chi connectivity index (χ4v) is 2.69. The van der Waals surface area contributed by atoms with Gasteiger partial charge in [0, 0.05) is 37.8 Å². The van der Waals surface area contributed by atoms with Gasteiger partial charge in [-0.2, -0.15) is 0 Å². The van der Waals surface area contributed by atoms with Crippen LogP contribution in [0.2, 0.25) is 0 Å². The third kappa shape index (κ3) is 4.52. The Morgan fingerprint density at radius 1 is 1.43 bits per heavy atom. The zero-order valence-corrected chi connectivity index (χ0v) is 12.8. The minimum absolute atomic E-state index is 0.0360. The maximum absolute atomic E-state index is 12.0. The van der Waals surface area contributed by atoms with Crippen molar-refractivity contribution in [3.63, 3.8) is 0 Å². The lowest BCUT2D eigenvalue weighted by Crippen LogP contribution is -2.38. The summed E-state index contributed by atoms with van der Waals surface area (Å²) in [6.07, 6.45) is 1.78. The smallest absolute Gasteiger partial charge is 0.225 e. The molecule has 1 amide bonds. The highest BCUT2D eigenvalue weighted by atomic mass is 16.5. The Bertz CT molecular complexity index is 461. The highest BCUT2D eigenvalue weighted by molar-refractivity contribution is 5.90. The van der Waals surface area contributed by atoms with Crippen molar-refractivity contribution >= 4 is 11.6 Å². The van der Waals surface area contributed by atoms with Gasteiger partial charge in [-0.3, -0.25) is 4.79 Å². The van der Waals surface area contributed by atoms with E-state index >= 15 is 0 Å². The minimum Gasteiger partial charge on any atom is -0.377 e. The third-order valence-electron chi connectivity index (χ3n) is 4.07. The van der Waals surface area contributed by atoms with Gasteiger partial charge >= 0.3 is 0 Å². The van der Waals surface area contributed by atoms with Crippen LogP contribution in [0.3, 0.4) is 0 Å². The Labute approximate surface area is 126 Å². The molecule has 1 saturated heterocycles. The second-order valence-electron chi connectivity index (χ2n) is 5.61. The van der Waals surface area contributed by atoms with E-state index in [-0.39, 0.29) is 12.0 Å². The van der Waals surface area contributed by atoms with Gasteiger partial charge in [0.05, 0.1) is 6.10 Å². The minimum atomic E-state index is 0.0360. The van der Waals surface area contributed by atoms with Gasteiger partial charge in [-0.25, -0.2) is 0 Å². The van der Waals surface area contributed by atoms with Crippen LogP contribution in [-0.2, 0) is 16.1 Å². The van der Waals surface area contributed by atoms with Gasteiger partial charge in [0.2, 0.25) is 5.91 Å². The highest BCUT2D eigenvalue weighted by Gasteiger charge is 2.27. The number of hydrogen-bond acceptors (Lipinski definition) is 4. The van der Waals surface area contributed by atoms with E-state index in [0.717, 1.165) is 30.8 Å². The van der Waals surface area contributed by atoms with Gasteiger partial charge in [-0.15, -0.1) is 0 Å². The van der Waals surface area contributed by atoms with Gasteiger partial charge in [0.1, 0.15) is 0 Å². The van der Waals surface area contributed by atoms with Crippen molar-refractivity contribution in [2.24, 2.45) is 5.73 Å². The number of amides is 1. The molecule has 1 aromatic rings. The van der Waals surface area contributed by atoms with E-state index in [4.69, 9.17) is 10.5 Å². The van der Waals surface area contributed by atoms with Crippen LogP contribution in [-0.4, -0.2) is 43.2 Å². The number of benzene rings is 1. The van der Waals surface area contributed by atoms with Gasteiger partial charge in [-0.05, 0) is 38.1 Å². The SMILES string of the molecule is CC1OCCC1N(C)CCC(=O)Nc1ccc(CN)cc1. The number of hydrogen-bond donors (Lipinski definition) is 2. The lowest BCUT2D eigenvalue weighted by atomic mass is 10.1. The van der Waals surface area contributed by atoms with E-state index in [0.29, 0.717) is 19.0 Å². The molecule has 1 aliphatic rings. The summed E-state index contributed by atoms with van der Waals surface area (Å²) >= 11 is 0. The fourth-order valence-electron chi connectivity index (χ4n) is 2.69. The van der Waals surface area contributed by atoms with Gasteiger partial charge in [-0.1, -0.05) is 12.1 Å². The van der Waals surface area contributed by atoms with Gasteiger partial charge in [0.15, 0.2) is 0 Å². The Hall–Kier alpha value is -1.43. The number of likely N-dealkylation sites (N-methyl/N-ethyl adjacent to an activating group) is 1. The van der Waals surface area contributed by atoms with E-state index in [2.05, 4.69) is 24.2 Å². The molecule has 5 heteroatoms. The average Bonchev–Trinajstić information content (AvgIpc) is 2.92. The molecule has 0 saturated carbocycles. The lowest BCUT2D eigenvalue weighted by Gasteiger charge is -2.26. The van der Waals surface area contributed by atoms with Crippen molar-refractivity contribution in [3.8, 4) is 0 Å². The number of rotatable bonds is 6. The largest absolute Gasteiger partial charge is 0.377 e.